The molecule has 0 aliphatic heterocycles. The lowest BCUT2D eigenvalue weighted by molar-refractivity contribution is -0.348. The average Bonchev–Trinajstić information content (AvgIpc) is 3.49. The fourth-order valence-corrected chi connectivity index (χ4v) is 4.65. The van der Waals surface area contributed by atoms with Gasteiger partial charge in [-0.15, -0.1) is 11.8 Å². The smallest absolute Gasteiger partial charge is 0.374 e. The molecule has 2 aromatic heterocycles. The van der Waals surface area contributed by atoms with E-state index in [0.717, 1.165) is 24.6 Å². The first-order valence-electron chi connectivity index (χ1n) is 11.0. The largest absolute Gasteiger partial charge is 0.436 e. The van der Waals surface area contributed by atoms with E-state index in [9.17, 15) is 35.8 Å². The van der Waals surface area contributed by atoms with Crippen molar-refractivity contribution in [1.29, 1.82) is 0 Å². The predicted octanol–water partition coefficient (Wildman–Crippen LogP) is 6.73. The molecule has 14 heteroatoms. The van der Waals surface area contributed by atoms with E-state index < -0.39 is 29.8 Å². The number of nitrogens with zero attached hydrogens (tertiary/aromatic N) is 3. The van der Waals surface area contributed by atoms with Crippen LogP contribution in [0.4, 0.5) is 30.7 Å². The number of nitrogens with one attached hydrogen (secondary N) is 1. The van der Waals surface area contributed by atoms with Crippen LogP contribution in [0.25, 0.3) is 16.9 Å². The minimum absolute atomic E-state index is 0.0711. The highest BCUT2D eigenvalue weighted by Gasteiger charge is 2.73. The third-order valence-corrected chi connectivity index (χ3v) is 6.95. The summed E-state index contributed by atoms with van der Waals surface area (Å²) in [7, 11) is 0. The Balaban J connectivity index is 1.71. The molecule has 4 rings (SSSR count). The number of benzene rings is 1. The zero-order valence-electron chi connectivity index (χ0n) is 19.0. The molecule has 5 nitrogen and oxygen atoms in total. The van der Waals surface area contributed by atoms with Crippen molar-refractivity contribution in [2.24, 2.45) is 0 Å². The molecule has 1 unspecified atom stereocenters. The van der Waals surface area contributed by atoms with Gasteiger partial charge in [0.25, 0.3) is 0 Å². The maximum Gasteiger partial charge on any atom is 0.436 e. The van der Waals surface area contributed by atoms with Gasteiger partial charge in [-0.25, -0.2) is 14.1 Å². The molecule has 1 aliphatic carbocycles. The topological polar surface area (TPSA) is 63.0 Å². The Morgan fingerprint density at radius 3 is 2.35 bits per heavy atom. The van der Waals surface area contributed by atoms with Gasteiger partial charge in [0.05, 0.1) is 11.1 Å². The van der Waals surface area contributed by atoms with E-state index in [0.29, 0.717) is 27.8 Å². The van der Waals surface area contributed by atoms with Crippen molar-refractivity contribution < 1.29 is 35.8 Å². The Labute approximate surface area is 216 Å². The van der Waals surface area contributed by atoms with Crippen LogP contribution in [0.5, 0.6) is 0 Å². The number of rotatable bonds is 8. The number of alkyl halides is 7. The van der Waals surface area contributed by atoms with Crippen LogP contribution in [-0.2, 0) is 5.67 Å². The summed E-state index contributed by atoms with van der Waals surface area (Å²) in [5.41, 5.74) is -5.71. The SMILES string of the molecule is CCSc1cc(C(F)(C(F)(F)F)C(F)(F)F)cnc1-n1cc(-c2ccc(Cl)c(C(O)NC3CC3)c2)cn1. The Morgan fingerprint density at radius 1 is 1.08 bits per heavy atom. The lowest BCUT2D eigenvalue weighted by atomic mass is 9.96. The highest BCUT2D eigenvalue weighted by molar-refractivity contribution is 7.99. The summed E-state index contributed by atoms with van der Waals surface area (Å²) >= 11 is 7.12. The molecule has 1 saturated carbocycles. The summed E-state index contributed by atoms with van der Waals surface area (Å²) in [5.74, 6) is 0.189. The molecule has 0 bridgehead atoms. The van der Waals surface area contributed by atoms with Crippen molar-refractivity contribution in [2.75, 3.05) is 5.75 Å². The van der Waals surface area contributed by atoms with Gasteiger partial charge in [-0.3, -0.25) is 5.32 Å². The molecule has 1 aromatic carbocycles. The number of thioether (sulfide) groups is 1. The molecule has 0 saturated heterocycles. The summed E-state index contributed by atoms with van der Waals surface area (Å²) < 4.78 is 95.1. The van der Waals surface area contributed by atoms with Gasteiger partial charge in [0.2, 0.25) is 0 Å². The molecule has 2 heterocycles. The van der Waals surface area contributed by atoms with Gasteiger partial charge in [-0.1, -0.05) is 24.6 Å². The van der Waals surface area contributed by atoms with Crippen LogP contribution in [0, 0.1) is 0 Å². The van der Waals surface area contributed by atoms with Gasteiger partial charge in [0.1, 0.15) is 6.23 Å². The summed E-state index contributed by atoms with van der Waals surface area (Å²) in [4.78, 5) is 3.62. The van der Waals surface area contributed by atoms with Crippen LogP contribution < -0.4 is 5.32 Å². The molecular formula is C23H20ClF7N4OS. The molecule has 0 spiro atoms. The number of halogens is 8. The van der Waals surface area contributed by atoms with Gasteiger partial charge in [0.15, 0.2) is 5.82 Å². The maximum atomic E-state index is 14.6. The summed E-state index contributed by atoms with van der Waals surface area (Å²) in [6.07, 6.45) is -8.50. The van der Waals surface area contributed by atoms with E-state index in [2.05, 4.69) is 15.4 Å². The fraction of sp³-hybridized carbons (Fsp3) is 0.391. The summed E-state index contributed by atoms with van der Waals surface area (Å²) in [5, 5.41) is 18.0. The van der Waals surface area contributed by atoms with E-state index in [1.807, 2.05) is 0 Å². The van der Waals surface area contributed by atoms with Crippen molar-refractivity contribution in [3.05, 3.63) is 59.0 Å². The highest BCUT2D eigenvalue weighted by Crippen LogP contribution is 2.53. The molecule has 0 radical (unpaired) electrons. The third-order valence-electron chi connectivity index (χ3n) is 5.71. The van der Waals surface area contributed by atoms with Crippen LogP contribution >= 0.6 is 23.4 Å². The van der Waals surface area contributed by atoms with Crippen molar-refractivity contribution in [3.8, 4) is 16.9 Å². The fourth-order valence-electron chi connectivity index (χ4n) is 3.63. The molecule has 1 atom stereocenters. The van der Waals surface area contributed by atoms with Crippen LogP contribution in [-0.4, -0.2) is 44.0 Å². The minimum Gasteiger partial charge on any atom is -0.374 e. The second-order valence-corrected chi connectivity index (χ2v) is 10.1. The first-order chi connectivity index (χ1) is 17.3. The Bertz CT molecular complexity index is 1260. The minimum atomic E-state index is -6.24. The lowest BCUT2D eigenvalue weighted by Crippen LogP contribution is -2.50. The summed E-state index contributed by atoms with van der Waals surface area (Å²) in [6, 6.07) is 5.60. The average molecular weight is 569 g/mol. The molecule has 1 aliphatic rings. The van der Waals surface area contributed by atoms with Crippen molar-refractivity contribution >= 4 is 23.4 Å². The van der Waals surface area contributed by atoms with Gasteiger partial charge in [-0.2, -0.15) is 31.4 Å². The van der Waals surface area contributed by atoms with Gasteiger partial charge in [-0.05, 0) is 42.4 Å². The van der Waals surface area contributed by atoms with Crippen LogP contribution in [0.15, 0.2) is 47.8 Å². The number of aliphatic hydroxyl groups excluding tert-OH is 1. The van der Waals surface area contributed by atoms with Crippen molar-refractivity contribution in [3.63, 3.8) is 0 Å². The second kappa shape index (κ2) is 10.1. The summed E-state index contributed by atoms with van der Waals surface area (Å²) in [6.45, 7) is 1.63. The first-order valence-corrected chi connectivity index (χ1v) is 12.4. The van der Waals surface area contributed by atoms with Crippen molar-refractivity contribution in [1.82, 2.24) is 20.1 Å². The maximum absolute atomic E-state index is 14.6. The number of hydrogen-bond donors (Lipinski definition) is 2. The lowest BCUT2D eigenvalue weighted by Gasteiger charge is -2.30. The van der Waals surface area contributed by atoms with Crippen LogP contribution in [0.3, 0.4) is 0 Å². The second-order valence-electron chi connectivity index (χ2n) is 8.39. The third kappa shape index (κ3) is 5.45. The zero-order valence-corrected chi connectivity index (χ0v) is 20.6. The molecule has 37 heavy (non-hydrogen) atoms. The van der Waals surface area contributed by atoms with Crippen LogP contribution in [0.1, 0.15) is 37.1 Å². The van der Waals surface area contributed by atoms with E-state index in [4.69, 9.17) is 11.6 Å². The Morgan fingerprint density at radius 2 is 1.76 bits per heavy atom. The Hall–Kier alpha value is -2.35. The van der Waals surface area contributed by atoms with E-state index >= 15 is 0 Å². The number of aliphatic hydroxyl groups is 1. The molecule has 0 amide bonds. The zero-order chi connectivity index (χ0) is 27.2. The van der Waals surface area contributed by atoms with Gasteiger partial charge < -0.3 is 5.11 Å². The molecule has 3 aromatic rings. The van der Waals surface area contributed by atoms with E-state index in [-0.39, 0.29) is 28.7 Å². The number of aromatic nitrogens is 3. The molecule has 200 valence electrons. The van der Waals surface area contributed by atoms with Crippen LogP contribution in [0.2, 0.25) is 5.02 Å². The highest BCUT2D eigenvalue weighted by atomic mass is 35.5. The quantitative estimate of drug-likeness (QED) is 0.179. The first kappa shape index (κ1) is 27.7. The molecular weight excluding hydrogens is 549 g/mol. The number of pyridine rings is 1. The standard InChI is InChI=1S/C23H20ClF7N4OS/c1-2-37-18-8-14(21(25,22(26,27)28)23(29,30)31)10-32-19(18)35-11-13(9-33-35)12-3-6-17(24)16(7-12)20(36)34-15-4-5-15/h3,6-11,15,20,34,36H,2,4-5H2,1H3. The van der Waals surface area contributed by atoms with E-state index in [1.165, 1.54) is 17.1 Å². The monoisotopic (exact) mass is 568 g/mol. The van der Waals surface area contributed by atoms with E-state index in [1.54, 1.807) is 25.1 Å². The molecule has 1 fully saturated rings. The van der Waals surface area contributed by atoms with Gasteiger partial charge >= 0.3 is 18.0 Å². The Kier molecular flexibility index (Phi) is 7.54. The number of hydrogen-bond acceptors (Lipinski definition) is 5. The predicted molar refractivity (Wildman–Crippen MR) is 124 cm³/mol. The van der Waals surface area contributed by atoms with Gasteiger partial charge in [0, 0.05) is 40.1 Å². The molecule has 2 N–H and O–H groups in total. The van der Waals surface area contributed by atoms with Crippen molar-refractivity contribution in [2.45, 2.75) is 55.0 Å². The normalized spacial score (nSPS) is 15.7.